The van der Waals surface area contributed by atoms with Crippen LogP contribution in [0, 0.1) is 0 Å². The Balaban J connectivity index is 2.08. The molecule has 0 fully saturated rings. The van der Waals surface area contributed by atoms with Gasteiger partial charge in [0.15, 0.2) is 0 Å². The Morgan fingerprint density at radius 3 is 2.50 bits per heavy atom. The second-order valence-corrected chi connectivity index (χ2v) is 6.68. The lowest BCUT2D eigenvalue weighted by Crippen LogP contribution is -1.94. The van der Waals surface area contributed by atoms with Gasteiger partial charge >= 0.3 is 0 Å². The first kappa shape index (κ1) is 12.6. The molecule has 2 rings (SSSR count). The maximum absolute atomic E-state index is 5.73. The highest BCUT2D eigenvalue weighted by atomic mass is 79.9. The van der Waals surface area contributed by atoms with Crippen LogP contribution in [0.5, 0.6) is 5.75 Å². The van der Waals surface area contributed by atoms with Crippen molar-refractivity contribution in [2.45, 2.75) is 6.61 Å². The van der Waals surface area contributed by atoms with Crippen LogP contribution >= 0.6 is 59.1 Å². The summed E-state index contributed by atoms with van der Waals surface area (Å²) in [6.07, 6.45) is 0. The van der Waals surface area contributed by atoms with Crippen molar-refractivity contribution < 1.29 is 4.74 Å². The fourth-order valence-corrected chi connectivity index (χ4v) is 3.70. The Labute approximate surface area is 123 Å². The van der Waals surface area contributed by atoms with Crippen LogP contribution in [0.3, 0.4) is 0 Å². The molecule has 0 spiro atoms. The van der Waals surface area contributed by atoms with Crippen LogP contribution in [-0.2, 0) is 6.61 Å². The number of thiophene rings is 1. The number of halogens is 3. The Bertz CT molecular complexity index is 496. The summed E-state index contributed by atoms with van der Waals surface area (Å²) >= 11 is 12.0. The summed E-state index contributed by atoms with van der Waals surface area (Å²) in [7, 11) is 0. The van der Waals surface area contributed by atoms with E-state index in [1.165, 1.54) is 4.88 Å². The molecule has 0 atom stereocenters. The Hall–Kier alpha value is 0.160. The van der Waals surface area contributed by atoms with E-state index in [9.17, 15) is 0 Å². The number of ether oxygens (including phenoxy) is 1. The van der Waals surface area contributed by atoms with Crippen LogP contribution in [0.4, 0.5) is 0 Å². The van der Waals surface area contributed by atoms with Gasteiger partial charge in [-0.25, -0.2) is 0 Å². The summed E-state index contributed by atoms with van der Waals surface area (Å²) in [5.41, 5.74) is 0. The fraction of sp³-hybridized carbons (Fsp3) is 0.0909. The minimum atomic E-state index is 0.582. The van der Waals surface area contributed by atoms with E-state index in [-0.39, 0.29) is 0 Å². The Kier molecular flexibility index (Phi) is 4.47. The molecule has 1 aromatic carbocycles. The van der Waals surface area contributed by atoms with E-state index in [0.29, 0.717) is 6.61 Å². The Morgan fingerprint density at radius 2 is 1.88 bits per heavy atom. The van der Waals surface area contributed by atoms with Gasteiger partial charge in [-0.3, -0.25) is 0 Å². The molecule has 0 aliphatic rings. The maximum atomic E-state index is 5.73. The molecule has 0 aliphatic heterocycles. The molecule has 1 heterocycles. The van der Waals surface area contributed by atoms with E-state index in [4.69, 9.17) is 4.74 Å². The molecule has 1 aromatic heterocycles. The largest absolute Gasteiger partial charge is 0.487 e. The van der Waals surface area contributed by atoms with Gasteiger partial charge in [0.2, 0.25) is 0 Å². The normalized spacial score (nSPS) is 10.4. The van der Waals surface area contributed by atoms with Crippen LogP contribution in [-0.4, -0.2) is 0 Å². The van der Waals surface area contributed by atoms with Gasteiger partial charge in [-0.15, -0.1) is 11.3 Å². The molecule has 2 aromatic rings. The van der Waals surface area contributed by atoms with Crippen molar-refractivity contribution in [3.05, 3.63) is 47.9 Å². The molecule has 0 unspecified atom stereocenters. The highest BCUT2D eigenvalue weighted by Crippen LogP contribution is 2.30. The molecule has 0 radical (unpaired) electrons. The second-order valence-electron chi connectivity index (χ2n) is 3.06. The lowest BCUT2D eigenvalue weighted by atomic mass is 10.3. The van der Waals surface area contributed by atoms with Gasteiger partial charge in [0.25, 0.3) is 0 Å². The quantitative estimate of drug-likeness (QED) is 0.619. The van der Waals surface area contributed by atoms with Gasteiger partial charge < -0.3 is 4.74 Å². The summed E-state index contributed by atoms with van der Waals surface area (Å²) in [6.45, 7) is 0.582. The van der Waals surface area contributed by atoms with E-state index >= 15 is 0 Å². The zero-order valence-corrected chi connectivity index (χ0v) is 13.6. The molecule has 0 N–H and O–H groups in total. The zero-order chi connectivity index (χ0) is 11.5. The summed E-state index contributed by atoms with van der Waals surface area (Å²) < 4.78 is 8.82. The molecule has 0 saturated heterocycles. The Morgan fingerprint density at radius 1 is 1.06 bits per heavy atom. The average Bonchev–Trinajstić information content (AvgIpc) is 2.63. The summed E-state index contributed by atoms with van der Waals surface area (Å²) in [5, 5.41) is 2.04. The molecule has 5 heteroatoms. The van der Waals surface area contributed by atoms with Crippen molar-refractivity contribution in [1.82, 2.24) is 0 Å². The second kappa shape index (κ2) is 5.67. The maximum Gasteiger partial charge on any atom is 0.134 e. The minimum Gasteiger partial charge on any atom is -0.487 e. The first-order valence-electron chi connectivity index (χ1n) is 4.46. The van der Waals surface area contributed by atoms with Crippen molar-refractivity contribution in [3.8, 4) is 5.75 Å². The van der Waals surface area contributed by atoms with Gasteiger partial charge in [0, 0.05) is 8.95 Å². The highest BCUT2D eigenvalue weighted by molar-refractivity contribution is 9.11. The number of hydrogen-bond acceptors (Lipinski definition) is 2. The van der Waals surface area contributed by atoms with Gasteiger partial charge in [-0.2, -0.15) is 0 Å². The molecule has 84 valence electrons. The van der Waals surface area contributed by atoms with Crippen LogP contribution in [0.25, 0.3) is 0 Å². The average molecular weight is 427 g/mol. The predicted molar refractivity (Wildman–Crippen MR) is 78.2 cm³/mol. The molecular weight excluding hydrogens is 420 g/mol. The molecule has 0 bridgehead atoms. The lowest BCUT2D eigenvalue weighted by molar-refractivity contribution is 0.307. The highest BCUT2D eigenvalue weighted by Gasteiger charge is 2.05. The monoisotopic (exact) mass is 424 g/mol. The SMILES string of the molecule is Brc1ccc(OCc2sccc2Br)c(Br)c1. The predicted octanol–water partition coefficient (Wildman–Crippen LogP) is 5.61. The first-order valence-corrected chi connectivity index (χ1v) is 7.72. The van der Waals surface area contributed by atoms with Crippen molar-refractivity contribution in [3.63, 3.8) is 0 Å². The van der Waals surface area contributed by atoms with Gasteiger partial charge in [-0.1, -0.05) is 15.9 Å². The third kappa shape index (κ3) is 3.09. The number of benzene rings is 1. The molecule has 0 aliphatic carbocycles. The fourth-order valence-electron chi connectivity index (χ4n) is 1.16. The van der Waals surface area contributed by atoms with Crippen molar-refractivity contribution in [2.24, 2.45) is 0 Å². The topological polar surface area (TPSA) is 9.23 Å². The van der Waals surface area contributed by atoms with Gasteiger partial charge in [-0.05, 0) is 61.5 Å². The van der Waals surface area contributed by atoms with Gasteiger partial charge in [0.1, 0.15) is 12.4 Å². The van der Waals surface area contributed by atoms with Crippen molar-refractivity contribution in [1.29, 1.82) is 0 Å². The lowest BCUT2D eigenvalue weighted by Gasteiger charge is -2.07. The summed E-state index contributed by atoms with van der Waals surface area (Å²) in [6, 6.07) is 7.90. The van der Waals surface area contributed by atoms with Crippen LogP contribution in [0.1, 0.15) is 4.88 Å². The molecule has 0 amide bonds. The third-order valence-electron chi connectivity index (χ3n) is 1.94. The van der Waals surface area contributed by atoms with Crippen LogP contribution in [0.2, 0.25) is 0 Å². The first-order chi connectivity index (χ1) is 7.66. The standard InChI is InChI=1S/C11H7Br3OS/c12-7-1-2-10(9(14)5-7)15-6-11-8(13)3-4-16-11/h1-5H,6H2. The van der Waals surface area contributed by atoms with Crippen molar-refractivity contribution >= 4 is 59.1 Å². The summed E-state index contributed by atoms with van der Waals surface area (Å²) in [5.74, 6) is 0.850. The minimum absolute atomic E-state index is 0.582. The van der Waals surface area contributed by atoms with E-state index in [1.54, 1.807) is 11.3 Å². The smallest absolute Gasteiger partial charge is 0.134 e. The molecule has 1 nitrogen and oxygen atoms in total. The third-order valence-corrected chi connectivity index (χ3v) is 4.96. The van der Waals surface area contributed by atoms with Crippen LogP contribution in [0.15, 0.2) is 43.1 Å². The van der Waals surface area contributed by atoms with Crippen molar-refractivity contribution in [2.75, 3.05) is 0 Å². The van der Waals surface area contributed by atoms with E-state index in [2.05, 4.69) is 47.8 Å². The molecule has 0 saturated carbocycles. The summed E-state index contributed by atoms with van der Waals surface area (Å²) in [4.78, 5) is 1.19. The zero-order valence-electron chi connectivity index (χ0n) is 8.04. The number of hydrogen-bond donors (Lipinski definition) is 0. The molecule has 16 heavy (non-hydrogen) atoms. The number of rotatable bonds is 3. The molecular formula is C11H7Br3OS. The van der Waals surface area contributed by atoms with E-state index in [1.807, 2.05) is 29.6 Å². The van der Waals surface area contributed by atoms with E-state index in [0.717, 1.165) is 19.2 Å². The van der Waals surface area contributed by atoms with E-state index < -0.39 is 0 Å². The van der Waals surface area contributed by atoms with Crippen LogP contribution < -0.4 is 4.74 Å². The van der Waals surface area contributed by atoms with Gasteiger partial charge in [0.05, 0.1) is 9.35 Å².